The van der Waals surface area contributed by atoms with Crippen molar-refractivity contribution in [2.75, 3.05) is 11.1 Å². The summed E-state index contributed by atoms with van der Waals surface area (Å²) in [5, 5.41) is 2.55. The zero-order chi connectivity index (χ0) is 8.55. The molecule has 1 aliphatic rings. The van der Waals surface area contributed by atoms with Crippen molar-refractivity contribution in [2.24, 2.45) is 0 Å². The van der Waals surface area contributed by atoms with Crippen molar-refractivity contribution in [3.8, 4) is 0 Å². The fraction of sp³-hybridized carbons (Fsp3) is 0.143. The Morgan fingerprint density at radius 3 is 3.33 bits per heavy atom. The van der Waals surface area contributed by atoms with Gasteiger partial charge in [0.25, 0.3) is 0 Å². The van der Waals surface area contributed by atoms with Gasteiger partial charge in [0.1, 0.15) is 11.6 Å². The zero-order valence-electron chi connectivity index (χ0n) is 6.00. The second-order valence-electron chi connectivity index (χ2n) is 2.34. The lowest BCUT2D eigenvalue weighted by atomic mass is 10.4. The number of aromatic nitrogens is 1. The Hall–Kier alpha value is -1.10. The smallest absolute Gasteiger partial charge is 0.235 e. The Labute approximate surface area is 72.4 Å². The van der Waals surface area contributed by atoms with Gasteiger partial charge in [0.2, 0.25) is 5.91 Å². The van der Waals surface area contributed by atoms with E-state index in [2.05, 4.69) is 10.3 Å². The van der Waals surface area contributed by atoms with Gasteiger partial charge in [0.15, 0.2) is 0 Å². The first-order valence-corrected chi connectivity index (χ1v) is 4.32. The molecule has 0 aromatic carbocycles. The first kappa shape index (κ1) is 7.54. The van der Waals surface area contributed by atoms with E-state index in [4.69, 9.17) is 0 Å². The Kier molecular flexibility index (Phi) is 1.73. The molecule has 1 aromatic rings. The maximum atomic E-state index is 12.6. The summed E-state index contributed by atoms with van der Waals surface area (Å²) in [5.74, 6) is 0.319. The third-order valence-electron chi connectivity index (χ3n) is 1.44. The summed E-state index contributed by atoms with van der Waals surface area (Å²) in [6.07, 6.45) is 1.09. The number of pyridine rings is 1. The summed E-state index contributed by atoms with van der Waals surface area (Å²) in [5.41, 5.74) is 0. The SMILES string of the molecule is O=C1CSc2cc(F)cnc2N1. The van der Waals surface area contributed by atoms with E-state index >= 15 is 0 Å². The van der Waals surface area contributed by atoms with Crippen LogP contribution in [-0.2, 0) is 4.79 Å². The summed E-state index contributed by atoms with van der Waals surface area (Å²) in [6.45, 7) is 0. The van der Waals surface area contributed by atoms with E-state index < -0.39 is 0 Å². The molecule has 5 heteroatoms. The molecule has 0 aliphatic carbocycles. The van der Waals surface area contributed by atoms with Crippen LogP contribution >= 0.6 is 11.8 Å². The summed E-state index contributed by atoms with van der Waals surface area (Å²) in [7, 11) is 0. The number of rotatable bonds is 0. The number of fused-ring (bicyclic) bond motifs is 1. The Morgan fingerprint density at radius 2 is 2.50 bits per heavy atom. The molecule has 0 spiro atoms. The van der Waals surface area contributed by atoms with Gasteiger partial charge in [-0.1, -0.05) is 0 Å². The van der Waals surface area contributed by atoms with Crippen LogP contribution in [-0.4, -0.2) is 16.6 Å². The van der Waals surface area contributed by atoms with Gasteiger partial charge >= 0.3 is 0 Å². The van der Waals surface area contributed by atoms with E-state index in [-0.39, 0.29) is 11.7 Å². The highest BCUT2D eigenvalue weighted by atomic mass is 32.2. The van der Waals surface area contributed by atoms with Crippen LogP contribution in [0.2, 0.25) is 0 Å². The van der Waals surface area contributed by atoms with Crippen molar-refractivity contribution in [3.05, 3.63) is 18.1 Å². The van der Waals surface area contributed by atoms with Gasteiger partial charge in [0.05, 0.1) is 16.8 Å². The van der Waals surface area contributed by atoms with Gasteiger partial charge in [-0.05, 0) is 6.07 Å². The summed E-state index contributed by atoms with van der Waals surface area (Å²) in [4.78, 5) is 15.3. The van der Waals surface area contributed by atoms with Crippen molar-refractivity contribution in [2.45, 2.75) is 4.90 Å². The number of carbonyl (C=O) groups excluding carboxylic acids is 1. The van der Waals surface area contributed by atoms with E-state index in [0.717, 1.165) is 6.20 Å². The molecule has 2 rings (SSSR count). The second-order valence-corrected chi connectivity index (χ2v) is 3.35. The highest BCUT2D eigenvalue weighted by molar-refractivity contribution is 8.00. The molecule has 12 heavy (non-hydrogen) atoms. The van der Waals surface area contributed by atoms with Crippen LogP contribution in [0, 0.1) is 5.82 Å². The van der Waals surface area contributed by atoms with Gasteiger partial charge in [0, 0.05) is 0 Å². The molecule has 2 heterocycles. The van der Waals surface area contributed by atoms with Crippen LogP contribution in [0.15, 0.2) is 17.2 Å². The third-order valence-corrected chi connectivity index (χ3v) is 2.46. The third kappa shape index (κ3) is 1.27. The molecule has 1 N–H and O–H groups in total. The molecule has 62 valence electrons. The number of halogens is 1. The van der Waals surface area contributed by atoms with Crippen LogP contribution in [0.25, 0.3) is 0 Å². The molecule has 0 unspecified atom stereocenters. The minimum absolute atomic E-state index is 0.0911. The van der Waals surface area contributed by atoms with E-state index in [1.54, 1.807) is 0 Å². The van der Waals surface area contributed by atoms with Gasteiger partial charge in [-0.25, -0.2) is 9.37 Å². The number of nitrogens with one attached hydrogen (secondary N) is 1. The molecular formula is C7H5FN2OS. The quantitative estimate of drug-likeness (QED) is 0.660. The summed E-state index contributed by atoms with van der Waals surface area (Å²) in [6, 6.07) is 1.37. The zero-order valence-corrected chi connectivity index (χ0v) is 6.82. The minimum atomic E-state index is -0.377. The number of amides is 1. The topological polar surface area (TPSA) is 42.0 Å². The number of anilines is 1. The van der Waals surface area contributed by atoms with Gasteiger partial charge in [-0.15, -0.1) is 11.8 Å². The first-order valence-electron chi connectivity index (χ1n) is 3.34. The lowest BCUT2D eigenvalue weighted by Crippen LogP contribution is -2.19. The summed E-state index contributed by atoms with van der Waals surface area (Å²) >= 11 is 1.30. The van der Waals surface area contributed by atoms with E-state index in [1.807, 2.05) is 0 Å². The predicted molar refractivity (Wildman–Crippen MR) is 43.5 cm³/mol. The van der Waals surface area contributed by atoms with E-state index in [0.29, 0.717) is 16.5 Å². The Morgan fingerprint density at radius 1 is 1.67 bits per heavy atom. The van der Waals surface area contributed by atoms with Crippen molar-refractivity contribution in [1.82, 2.24) is 4.98 Å². The second kappa shape index (κ2) is 2.75. The standard InChI is InChI=1S/C7H5FN2OS/c8-4-1-5-7(9-2-4)10-6(11)3-12-5/h1-2H,3H2,(H,9,10,11). The molecule has 0 bridgehead atoms. The van der Waals surface area contributed by atoms with Gasteiger partial charge in [-0.2, -0.15) is 0 Å². The molecule has 0 fully saturated rings. The largest absolute Gasteiger partial charge is 0.309 e. The van der Waals surface area contributed by atoms with Crippen molar-refractivity contribution in [1.29, 1.82) is 0 Å². The lowest BCUT2D eigenvalue weighted by molar-refractivity contribution is -0.113. The maximum absolute atomic E-state index is 12.6. The fourth-order valence-electron chi connectivity index (χ4n) is 0.936. The van der Waals surface area contributed by atoms with Crippen LogP contribution in [0.3, 0.4) is 0 Å². The minimum Gasteiger partial charge on any atom is -0.309 e. The molecule has 3 nitrogen and oxygen atoms in total. The normalized spacial score (nSPS) is 15.2. The van der Waals surface area contributed by atoms with Crippen molar-refractivity contribution < 1.29 is 9.18 Å². The van der Waals surface area contributed by atoms with Crippen LogP contribution < -0.4 is 5.32 Å². The van der Waals surface area contributed by atoms with Crippen molar-refractivity contribution in [3.63, 3.8) is 0 Å². The van der Waals surface area contributed by atoms with Gasteiger partial charge in [-0.3, -0.25) is 4.79 Å². The molecule has 1 aliphatic heterocycles. The Bertz CT molecular complexity index is 342. The molecule has 0 saturated heterocycles. The molecule has 1 amide bonds. The highest BCUT2D eigenvalue weighted by Crippen LogP contribution is 2.29. The van der Waals surface area contributed by atoms with Crippen LogP contribution in [0.4, 0.5) is 10.2 Å². The molecule has 0 saturated carbocycles. The predicted octanol–water partition coefficient (Wildman–Crippen LogP) is 1.26. The van der Waals surface area contributed by atoms with Crippen LogP contribution in [0.5, 0.6) is 0 Å². The molecule has 0 radical (unpaired) electrons. The van der Waals surface area contributed by atoms with Gasteiger partial charge < -0.3 is 5.32 Å². The number of hydrogen-bond donors (Lipinski definition) is 1. The average molecular weight is 184 g/mol. The monoisotopic (exact) mass is 184 g/mol. The number of hydrogen-bond acceptors (Lipinski definition) is 3. The Balaban J connectivity index is 2.43. The highest BCUT2D eigenvalue weighted by Gasteiger charge is 2.16. The number of thioether (sulfide) groups is 1. The maximum Gasteiger partial charge on any atom is 0.235 e. The number of nitrogens with zero attached hydrogens (tertiary/aromatic N) is 1. The van der Waals surface area contributed by atoms with Crippen molar-refractivity contribution >= 4 is 23.5 Å². The van der Waals surface area contributed by atoms with Crippen LogP contribution in [0.1, 0.15) is 0 Å². The fourth-order valence-corrected chi connectivity index (χ4v) is 1.73. The lowest BCUT2D eigenvalue weighted by Gasteiger charge is -2.13. The molecular weight excluding hydrogens is 179 g/mol. The van der Waals surface area contributed by atoms with E-state index in [1.165, 1.54) is 17.8 Å². The summed E-state index contributed by atoms with van der Waals surface area (Å²) < 4.78 is 12.6. The molecule has 0 atom stereocenters. The average Bonchev–Trinajstić information content (AvgIpc) is 2.05. The molecule has 1 aromatic heterocycles. The first-order chi connectivity index (χ1) is 5.75. The van der Waals surface area contributed by atoms with E-state index in [9.17, 15) is 9.18 Å². The number of carbonyl (C=O) groups is 1.